The van der Waals surface area contributed by atoms with E-state index in [-0.39, 0.29) is 0 Å². The summed E-state index contributed by atoms with van der Waals surface area (Å²) in [4.78, 5) is 0. The Balaban J connectivity index is 2.63. The van der Waals surface area contributed by atoms with E-state index in [1.807, 2.05) is 0 Å². The molecule has 6 heavy (non-hydrogen) atoms. The quantitative estimate of drug-likeness (QED) is 0.735. The second kappa shape index (κ2) is 4.58. The molecule has 0 amide bonds. The Morgan fingerprint density at radius 1 is 1.67 bits per heavy atom. The standard InChI is InChI=1S/C4H9O.Ra.H/c1-4(2)3-5;;/h4H,3H2,1-2H3;;/q-1;+1;. The minimum absolute atomic E-state index is 0.341. The van der Waals surface area contributed by atoms with Crippen molar-refractivity contribution >= 4 is 0 Å². The van der Waals surface area contributed by atoms with Crippen LogP contribution in [-0.4, -0.2) is 6.61 Å². The normalized spacial score (nSPS) is 9.67. The van der Waals surface area contributed by atoms with Gasteiger partial charge in [-0.2, -0.15) is 0 Å². The molecule has 0 unspecified atom stereocenters. The van der Waals surface area contributed by atoms with Crippen LogP contribution in [0.2, 0.25) is 0 Å². The van der Waals surface area contributed by atoms with Crippen molar-refractivity contribution in [3.63, 3.8) is 0 Å². The Kier molecular flexibility index (Phi) is 5.67. The van der Waals surface area contributed by atoms with E-state index in [1.54, 1.807) is 0 Å². The molecule has 0 radical (unpaired) electrons. The summed E-state index contributed by atoms with van der Waals surface area (Å²) in [6.45, 7) is 5.31. The molecule has 1 nitrogen and oxygen atoms in total. The van der Waals surface area contributed by atoms with Crippen molar-refractivity contribution in [3.8, 4) is 0 Å². The van der Waals surface area contributed by atoms with Crippen molar-refractivity contribution in [3.05, 3.63) is 0 Å². The fraction of sp³-hybridized carbons (Fsp3) is 1.00. The van der Waals surface area contributed by atoms with E-state index >= 15 is 0 Å². The van der Waals surface area contributed by atoms with Gasteiger partial charge in [0.05, 0.1) is 0 Å². The maximum atomic E-state index is 5.03. The van der Waals surface area contributed by atoms with Gasteiger partial charge in [-0.15, -0.1) is 0 Å². The van der Waals surface area contributed by atoms with Crippen LogP contribution in [0.25, 0.3) is 0 Å². The molecule has 0 aliphatic heterocycles. The average molecular weight is 300 g/mol. The van der Waals surface area contributed by atoms with Gasteiger partial charge < -0.3 is 0 Å². The van der Waals surface area contributed by atoms with Crippen molar-refractivity contribution < 1.29 is 44.0 Å². The van der Waals surface area contributed by atoms with Gasteiger partial charge in [-0.1, -0.05) is 0 Å². The van der Waals surface area contributed by atoms with E-state index in [9.17, 15) is 0 Å². The summed E-state index contributed by atoms with van der Waals surface area (Å²) >= 11 is 0.341. The molecule has 0 spiro atoms. The van der Waals surface area contributed by atoms with Gasteiger partial charge in [0, 0.05) is 0 Å². The van der Waals surface area contributed by atoms with Crippen LogP contribution in [0.5, 0.6) is 0 Å². The molecule has 0 aromatic rings. The summed E-state index contributed by atoms with van der Waals surface area (Å²) in [5.41, 5.74) is 0. The Labute approximate surface area is 69.4 Å². The van der Waals surface area contributed by atoms with E-state index in [1.165, 1.54) is 0 Å². The van der Waals surface area contributed by atoms with Crippen LogP contribution in [0.3, 0.4) is 0 Å². The van der Waals surface area contributed by atoms with Gasteiger partial charge in [0.25, 0.3) is 0 Å². The van der Waals surface area contributed by atoms with Crippen molar-refractivity contribution in [2.24, 2.45) is 5.92 Å². The Bertz CT molecular complexity index is 28.7. The van der Waals surface area contributed by atoms with Crippen molar-refractivity contribution in [1.82, 2.24) is 0 Å². The first-order valence-corrected chi connectivity index (χ1v) is 5.62. The zero-order valence-corrected chi connectivity index (χ0v) is 12.9. The zero-order chi connectivity index (χ0) is 4.99. The predicted molar refractivity (Wildman–Crippen MR) is 22.2 cm³/mol. The first-order chi connectivity index (χ1) is 2.77. The monoisotopic (exact) mass is 300 g/mol. The Morgan fingerprint density at radius 3 is 2.17 bits per heavy atom. The third-order valence-corrected chi connectivity index (χ3v) is 1.87. The maximum absolute atomic E-state index is 5.03. The predicted octanol–water partition coefficient (Wildman–Crippen LogP) is 0.856. The number of rotatable bonds is 2. The van der Waals surface area contributed by atoms with E-state index in [0.29, 0.717) is 43.4 Å². The second-order valence-corrected chi connectivity index (χ2v) is 4.22. The fourth-order valence-electron chi connectivity index (χ4n) is 0.333. The molecule has 0 aromatic carbocycles. The molecule has 34 valence electrons. The van der Waals surface area contributed by atoms with Gasteiger partial charge in [0.1, 0.15) is 0 Å². The van der Waals surface area contributed by atoms with Gasteiger partial charge in [0.2, 0.25) is 0 Å². The van der Waals surface area contributed by atoms with Crippen LogP contribution in [0.1, 0.15) is 13.8 Å². The van der Waals surface area contributed by atoms with Gasteiger partial charge >= 0.3 is 70.3 Å². The third-order valence-electron chi connectivity index (χ3n) is 0.500. The zero-order valence-electron chi connectivity index (χ0n) is 4.69. The second-order valence-electron chi connectivity index (χ2n) is 1.85. The summed E-state index contributed by atoms with van der Waals surface area (Å²) in [5, 5.41) is 0. The molecule has 0 fully saturated rings. The van der Waals surface area contributed by atoms with Crippen LogP contribution in [0.15, 0.2) is 0 Å². The molecule has 0 bridgehead atoms. The molecular weight excluding hydrogens is 290 g/mol. The summed E-state index contributed by atoms with van der Waals surface area (Å²) in [7, 11) is 0. The average Bonchev–Trinajstić information content (AvgIpc) is 1.35. The molecule has 0 aliphatic carbocycles. The SMILES string of the molecule is CC(C)C[O][RaH]. The van der Waals surface area contributed by atoms with Crippen LogP contribution >= 0.6 is 0 Å². The molecule has 0 N–H and O–H groups in total. The van der Waals surface area contributed by atoms with E-state index in [4.69, 9.17) is 0.545 Å². The molecule has 0 saturated carbocycles. The molecule has 0 heterocycles. The number of hydrogen-bond donors (Lipinski definition) is 0. The Morgan fingerprint density at radius 2 is 2.17 bits per heavy atom. The Hall–Kier alpha value is 1.43. The summed E-state index contributed by atoms with van der Waals surface area (Å²) < 4.78 is 5.03. The van der Waals surface area contributed by atoms with Crippen molar-refractivity contribution in [2.45, 2.75) is 13.8 Å². The molecule has 0 saturated heterocycles. The van der Waals surface area contributed by atoms with Gasteiger partial charge in [0.15, 0.2) is 0 Å². The summed E-state index contributed by atoms with van der Waals surface area (Å²) in [5.74, 6) is 0.733. The fourth-order valence-corrected chi connectivity index (χ4v) is 3.07. The summed E-state index contributed by atoms with van der Waals surface area (Å²) in [6.07, 6.45) is 0. The van der Waals surface area contributed by atoms with Crippen LogP contribution < -0.4 is 0 Å². The van der Waals surface area contributed by atoms with E-state index in [0.717, 1.165) is 12.5 Å². The van der Waals surface area contributed by atoms with Crippen LogP contribution in [0.4, 0.5) is 0 Å². The first-order valence-electron chi connectivity index (χ1n) is 2.26. The topological polar surface area (TPSA) is 9.23 Å². The molecule has 0 atom stereocenters. The molecule has 2 heteroatoms. The third kappa shape index (κ3) is 5.43. The van der Waals surface area contributed by atoms with Crippen LogP contribution in [-0.2, 0) is 0.545 Å². The molecule has 0 aromatic heterocycles. The summed E-state index contributed by atoms with van der Waals surface area (Å²) in [6, 6.07) is 0. The molecular formula is C4H10ORa. The van der Waals surface area contributed by atoms with Crippen molar-refractivity contribution in [2.75, 3.05) is 6.61 Å². The first kappa shape index (κ1) is 7.43. The van der Waals surface area contributed by atoms with E-state index < -0.39 is 0 Å². The van der Waals surface area contributed by atoms with Gasteiger partial charge in [-0.3, -0.25) is 0 Å². The van der Waals surface area contributed by atoms with Gasteiger partial charge in [-0.05, 0) is 0 Å². The van der Waals surface area contributed by atoms with Crippen molar-refractivity contribution in [1.29, 1.82) is 0 Å². The molecule has 0 rings (SSSR count). The van der Waals surface area contributed by atoms with E-state index in [2.05, 4.69) is 13.8 Å². The minimum atomic E-state index is 0.341. The van der Waals surface area contributed by atoms with Crippen LogP contribution in [0, 0.1) is 49.3 Å². The number of hydrogen-bond acceptors (Lipinski definition) is 1. The van der Waals surface area contributed by atoms with Gasteiger partial charge in [-0.25, -0.2) is 0 Å². The molecule has 0 aliphatic rings.